The van der Waals surface area contributed by atoms with Crippen LogP contribution in [-0.4, -0.2) is 72.7 Å². The second-order valence-corrected chi connectivity index (χ2v) is 8.10. The summed E-state index contributed by atoms with van der Waals surface area (Å²) in [7, 11) is 2.88. The van der Waals surface area contributed by atoms with Gasteiger partial charge >= 0.3 is 17.7 Å². The number of aromatic nitrogens is 4. The smallest absolute Gasteiger partial charge is 0.331 e. The SMILES string of the molecule is COCCOc1nc(N)c2[nH]c(=O)n(C(C)(CN)c3ccc(CCCOCC(=O)OC)cc3)c2n1. The number of esters is 1. The molecule has 1 aromatic carbocycles. The van der Waals surface area contributed by atoms with Crippen molar-refractivity contribution >= 4 is 23.0 Å². The minimum absolute atomic E-state index is 0.0453. The zero-order valence-corrected chi connectivity index (χ0v) is 20.2. The number of nitrogens with one attached hydrogen (secondary N) is 1. The molecule has 3 rings (SSSR count). The number of anilines is 1. The van der Waals surface area contributed by atoms with E-state index in [1.807, 2.05) is 31.2 Å². The molecule has 2 heterocycles. The van der Waals surface area contributed by atoms with Crippen LogP contribution in [0, 0.1) is 0 Å². The number of carbonyl (C=O) groups excluding carboxylic acids is 1. The summed E-state index contributed by atoms with van der Waals surface area (Å²) in [5.74, 6) is -0.300. The van der Waals surface area contributed by atoms with Crippen molar-refractivity contribution in [1.82, 2.24) is 19.5 Å². The normalized spacial score (nSPS) is 13.0. The van der Waals surface area contributed by atoms with Gasteiger partial charge in [0.25, 0.3) is 0 Å². The molecule has 5 N–H and O–H groups in total. The minimum Gasteiger partial charge on any atom is -0.467 e. The Morgan fingerprint density at radius 2 is 1.89 bits per heavy atom. The van der Waals surface area contributed by atoms with Crippen LogP contribution in [0.1, 0.15) is 24.5 Å². The highest BCUT2D eigenvalue weighted by molar-refractivity contribution is 5.82. The number of benzene rings is 1. The average Bonchev–Trinajstić information content (AvgIpc) is 3.20. The number of hydrogen-bond acceptors (Lipinski definition) is 10. The first-order valence-electron chi connectivity index (χ1n) is 11.2. The fourth-order valence-corrected chi connectivity index (χ4v) is 3.69. The van der Waals surface area contributed by atoms with Crippen molar-refractivity contribution in [3.63, 3.8) is 0 Å². The van der Waals surface area contributed by atoms with E-state index in [4.69, 9.17) is 25.7 Å². The number of imidazole rings is 1. The highest BCUT2D eigenvalue weighted by Gasteiger charge is 2.32. The second-order valence-electron chi connectivity index (χ2n) is 8.10. The molecule has 0 aliphatic carbocycles. The van der Waals surface area contributed by atoms with Crippen molar-refractivity contribution in [2.45, 2.75) is 25.3 Å². The summed E-state index contributed by atoms with van der Waals surface area (Å²) in [4.78, 5) is 35.4. The molecule has 1 unspecified atom stereocenters. The van der Waals surface area contributed by atoms with Gasteiger partial charge in [-0.15, -0.1) is 0 Å². The molecule has 0 amide bonds. The van der Waals surface area contributed by atoms with Gasteiger partial charge in [-0.2, -0.15) is 9.97 Å². The van der Waals surface area contributed by atoms with Crippen LogP contribution in [0.15, 0.2) is 29.1 Å². The van der Waals surface area contributed by atoms with Crippen molar-refractivity contribution in [3.8, 4) is 6.01 Å². The lowest BCUT2D eigenvalue weighted by Gasteiger charge is -2.30. The molecule has 0 fully saturated rings. The predicted molar refractivity (Wildman–Crippen MR) is 129 cm³/mol. The molecule has 12 nitrogen and oxygen atoms in total. The molecule has 0 saturated carbocycles. The van der Waals surface area contributed by atoms with Gasteiger partial charge in [0.1, 0.15) is 18.7 Å². The van der Waals surface area contributed by atoms with E-state index in [0.29, 0.717) is 24.4 Å². The van der Waals surface area contributed by atoms with Gasteiger partial charge < -0.3 is 35.4 Å². The minimum atomic E-state index is -0.915. The molecule has 0 radical (unpaired) electrons. The summed E-state index contributed by atoms with van der Waals surface area (Å²) < 4.78 is 21.8. The van der Waals surface area contributed by atoms with E-state index in [-0.39, 0.29) is 31.6 Å². The largest absolute Gasteiger partial charge is 0.467 e. The number of nitrogen functional groups attached to an aromatic ring is 1. The van der Waals surface area contributed by atoms with E-state index < -0.39 is 17.2 Å². The maximum Gasteiger partial charge on any atom is 0.331 e. The lowest BCUT2D eigenvalue weighted by molar-refractivity contribution is -0.145. The number of nitrogens with zero attached hydrogens (tertiary/aromatic N) is 3. The Hall–Kier alpha value is -3.48. The molecule has 0 spiro atoms. The third kappa shape index (κ3) is 5.96. The van der Waals surface area contributed by atoms with Crippen LogP contribution in [0.4, 0.5) is 5.82 Å². The third-order valence-electron chi connectivity index (χ3n) is 5.73. The molecule has 1 atom stereocenters. The van der Waals surface area contributed by atoms with Gasteiger partial charge in [0.05, 0.1) is 19.3 Å². The number of methoxy groups -OCH3 is 2. The van der Waals surface area contributed by atoms with E-state index in [0.717, 1.165) is 24.0 Å². The molecule has 3 aromatic rings. The molecular formula is C23H32N6O6. The summed E-state index contributed by atoms with van der Waals surface area (Å²) in [6.45, 7) is 2.96. The maximum atomic E-state index is 13.0. The Bertz CT molecular complexity index is 1190. The van der Waals surface area contributed by atoms with Crippen molar-refractivity contribution in [2.24, 2.45) is 5.73 Å². The maximum absolute atomic E-state index is 13.0. The zero-order chi connectivity index (χ0) is 25.4. The van der Waals surface area contributed by atoms with Gasteiger partial charge in [0.15, 0.2) is 11.5 Å². The first-order chi connectivity index (χ1) is 16.8. The number of nitrogens with two attached hydrogens (primary N) is 2. The van der Waals surface area contributed by atoms with Gasteiger partial charge in [0, 0.05) is 20.3 Å². The van der Waals surface area contributed by atoms with Crippen molar-refractivity contribution in [3.05, 3.63) is 45.9 Å². The molecule has 190 valence electrons. The van der Waals surface area contributed by atoms with Gasteiger partial charge in [-0.1, -0.05) is 24.3 Å². The van der Waals surface area contributed by atoms with Crippen LogP contribution in [0.3, 0.4) is 0 Å². The van der Waals surface area contributed by atoms with Crippen LogP contribution in [0.2, 0.25) is 0 Å². The van der Waals surface area contributed by atoms with E-state index in [1.54, 1.807) is 7.11 Å². The quantitative estimate of drug-likeness (QED) is 0.228. The average molecular weight is 489 g/mol. The number of rotatable bonds is 13. The van der Waals surface area contributed by atoms with E-state index in [9.17, 15) is 9.59 Å². The van der Waals surface area contributed by atoms with Crippen LogP contribution in [-0.2, 0) is 31.0 Å². The summed E-state index contributed by atoms with van der Waals surface area (Å²) in [6.07, 6.45) is 1.51. The molecule has 35 heavy (non-hydrogen) atoms. The molecule has 0 bridgehead atoms. The molecular weight excluding hydrogens is 456 g/mol. The van der Waals surface area contributed by atoms with Crippen molar-refractivity contribution < 1.29 is 23.7 Å². The fourth-order valence-electron chi connectivity index (χ4n) is 3.69. The first kappa shape index (κ1) is 26.1. The first-order valence-corrected chi connectivity index (χ1v) is 11.2. The predicted octanol–water partition coefficient (Wildman–Crippen LogP) is 0.571. The summed E-state index contributed by atoms with van der Waals surface area (Å²) in [6, 6.07) is 7.87. The molecule has 2 aromatic heterocycles. The van der Waals surface area contributed by atoms with Gasteiger partial charge in [-0.25, -0.2) is 9.59 Å². The highest BCUT2D eigenvalue weighted by atomic mass is 16.6. The molecule has 0 aliphatic heterocycles. The number of H-pyrrole nitrogens is 1. The molecule has 0 aliphatic rings. The topological polar surface area (TPSA) is 170 Å². The lowest BCUT2D eigenvalue weighted by Crippen LogP contribution is -2.44. The monoisotopic (exact) mass is 488 g/mol. The van der Waals surface area contributed by atoms with Gasteiger partial charge in [0.2, 0.25) is 0 Å². The molecule has 0 saturated heterocycles. The summed E-state index contributed by atoms with van der Waals surface area (Å²) in [5, 5.41) is 0. The standard InChI is InChI=1S/C23H32N6O6/c1-23(14-24,16-8-6-15(7-9-16)5-4-10-34-13-17(30)33-3)29-20-18(26-22(29)31)19(25)27-21(28-20)35-12-11-32-2/h6-9H,4-5,10-14,24H2,1-3H3,(H,26,31)(H2,25,27,28). The molecule has 12 heteroatoms. The van der Waals surface area contributed by atoms with Crippen LogP contribution in [0.5, 0.6) is 6.01 Å². The number of carbonyl (C=O) groups is 1. The Labute approximate surface area is 202 Å². The Morgan fingerprint density at radius 1 is 1.14 bits per heavy atom. The second kappa shape index (κ2) is 11.8. The number of hydrogen-bond donors (Lipinski definition) is 3. The van der Waals surface area contributed by atoms with Crippen molar-refractivity contribution in [1.29, 1.82) is 0 Å². The Balaban J connectivity index is 1.83. The number of aromatic amines is 1. The Kier molecular flexibility index (Phi) is 8.79. The van der Waals surface area contributed by atoms with E-state index >= 15 is 0 Å². The van der Waals surface area contributed by atoms with Gasteiger partial charge in [-0.3, -0.25) is 4.57 Å². The van der Waals surface area contributed by atoms with Crippen LogP contribution >= 0.6 is 0 Å². The van der Waals surface area contributed by atoms with Crippen LogP contribution in [0.25, 0.3) is 11.2 Å². The fraction of sp³-hybridized carbons (Fsp3) is 0.478. The highest BCUT2D eigenvalue weighted by Crippen LogP contribution is 2.29. The summed E-state index contributed by atoms with van der Waals surface area (Å²) >= 11 is 0. The summed E-state index contributed by atoms with van der Waals surface area (Å²) in [5.41, 5.74) is 13.5. The number of ether oxygens (including phenoxy) is 4. The van der Waals surface area contributed by atoms with Gasteiger partial charge in [-0.05, 0) is 30.9 Å². The number of aryl methyl sites for hydroxylation is 1. The van der Waals surface area contributed by atoms with E-state index in [1.165, 1.54) is 11.7 Å². The lowest BCUT2D eigenvalue weighted by atomic mass is 9.90. The van der Waals surface area contributed by atoms with Crippen LogP contribution < -0.4 is 21.9 Å². The third-order valence-corrected chi connectivity index (χ3v) is 5.73. The Morgan fingerprint density at radius 3 is 2.54 bits per heavy atom. The number of fused-ring (bicyclic) bond motifs is 1. The van der Waals surface area contributed by atoms with Crippen molar-refractivity contribution in [2.75, 3.05) is 52.9 Å². The van der Waals surface area contributed by atoms with E-state index in [2.05, 4.69) is 19.7 Å². The zero-order valence-electron chi connectivity index (χ0n) is 20.2.